The quantitative estimate of drug-likeness (QED) is 0.439. The van der Waals surface area contributed by atoms with Crippen LogP contribution in [0.15, 0.2) is 36.7 Å². The fourth-order valence-electron chi connectivity index (χ4n) is 3.08. The van der Waals surface area contributed by atoms with Gasteiger partial charge in [-0.3, -0.25) is 14.2 Å². The van der Waals surface area contributed by atoms with Crippen LogP contribution >= 0.6 is 0 Å². The van der Waals surface area contributed by atoms with Crippen LogP contribution in [0.5, 0.6) is 5.75 Å². The molecule has 0 aliphatic rings. The topological polar surface area (TPSA) is 82.8 Å². The Bertz CT molecular complexity index is 1010. The molecule has 0 fully saturated rings. The highest BCUT2D eigenvalue weighted by molar-refractivity contribution is 5.97. The number of aryl methyl sites for hydroxylation is 2. The molecule has 0 amide bonds. The van der Waals surface area contributed by atoms with E-state index in [2.05, 4.69) is 9.97 Å². The van der Waals surface area contributed by atoms with Crippen LogP contribution < -0.4 is 4.74 Å². The molecule has 0 aromatic carbocycles. The molecule has 28 heavy (non-hydrogen) atoms. The first-order chi connectivity index (χ1) is 13.5. The molecule has 3 rings (SSSR count). The van der Waals surface area contributed by atoms with E-state index < -0.39 is 5.97 Å². The van der Waals surface area contributed by atoms with Gasteiger partial charge in [-0.05, 0) is 51.5 Å². The second kappa shape index (κ2) is 8.65. The van der Waals surface area contributed by atoms with Crippen molar-refractivity contribution in [2.24, 2.45) is 0 Å². The number of hydrogen-bond acceptors (Lipinski definition) is 6. The van der Waals surface area contributed by atoms with Crippen molar-refractivity contribution in [3.63, 3.8) is 0 Å². The second-order valence-corrected chi connectivity index (χ2v) is 6.22. The van der Waals surface area contributed by atoms with E-state index in [9.17, 15) is 9.59 Å². The number of fused-ring (bicyclic) bond motifs is 1. The van der Waals surface area contributed by atoms with Gasteiger partial charge in [0, 0.05) is 24.5 Å². The van der Waals surface area contributed by atoms with Gasteiger partial charge in [-0.25, -0.2) is 9.78 Å². The van der Waals surface area contributed by atoms with E-state index in [4.69, 9.17) is 9.47 Å². The van der Waals surface area contributed by atoms with Gasteiger partial charge >= 0.3 is 5.97 Å². The molecule has 0 aliphatic carbocycles. The van der Waals surface area contributed by atoms with Crippen LogP contribution in [0.4, 0.5) is 0 Å². The molecule has 0 saturated heterocycles. The van der Waals surface area contributed by atoms with Crippen molar-refractivity contribution in [2.45, 2.75) is 33.6 Å². The van der Waals surface area contributed by atoms with Crippen LogP contribution in [-0.2, 0) is 11.2 Å². The molecule has 7 heteroatoms. The minimum Gasteiger partial charge on any atom is -0.490 e. The van der Waals surface area contributed by atoms with Crippen molar-refractivity contribution in [1.29, 1.82) is 0 Å². The summed E-state index contributed by atoms with van der Waals surface area (Å²) in [5, 5.41) is 0. The van der Waals surface area contributed by atoms with Crippen LogP contribution in [0, 0.1) is 6.92 Å². The maximum atomic E-state index is 12.9. The van der Waals surface area contributed by atoms with E-state index in [0.717, 1.165) is 0 Å². The van der Waals surface area contributed by atoms with Crippen molar-refractivity contribution in [2.75, 3.05) is 13.2 Å². The van der Waals surface area contributed by atoms with E-state index in [1.807, 2.05) is 32.2 Å². The minimum atomic E-state index is -0.390. The lowest BCUT2D eigenvalue weighted by Crippen LogP contribution is -2.09. The smallest absolute Gasteiger partial charge is 0.338 e. The molecule has 3 aromatic rings. The first-order valence-corrected chi connectivity index (χ1v) is 9.30. The van der Waals surface area contributed by atoms with E-state index >= 15 is 0 Å². The van der Waals surface area contributed by atoms with Crippen molar-refractivity contribution in [1.82, 2.24) is 14.4 Å². The summed E-state index contributed by atoms with van der Waals surface area (Å²) in [6.45, 7) is 6.32. The molecular formula is C21H23N3O4. The van der Waals surface area contributed by atoms with Gasteiger partial charge in [-0.15, -0.1) is 0 Å². The Hall–Kier alpha value is -3.22. The molecule has 3 heterocycles. The highest BCUT2D eigenvalue weighted by atomic mass is 16.5. The Morgan fingerprint density at radius 2 is 2.00 bits per heavy atom. The third-order valence-electron chi connectivity index (χ3n) is 4.29. The maximum absolute atomic E-state index is 12.9. The number of pyridine rings is 2. The summed E-state index contributed by atoms with van der Waals surface area (Å²) in [5.41, 5.74) is 2.93. The Morgan fingerprint density at radius 1 is 1.18 bits per heavy atom. The zero-order valence-corrected chi connectivity index (χ0v) is 16.3. The monoisotopic (exact) mass is 381 g/mol. The summed E-state index contributed by atoms with van der Waals surface area (Å²) < 4.78 is 12.4. The summed E-state index contributed by atoms with van der Waals surface area (Å²) in [6.07, 6.45) is 4.04. The van der Waals surface area contributed by atoms with Gasteiger partial charge < -0.3 is 9.47 Å². The largest absolute Gasteiger partial charge is 0.490 e. The van der Waals surface area contributed by atoms with Gasteiger partial charge in [0.15, 0.2) is 17.2 Å². The number of ketones is 1. The molecule has 0 aliphatic heterocycles. The van der Waals surface area contributed by atoms with Gasteiger partial charge in [0.25, 0.3) is 0 Å². The molecule has 0 spiro atoms. The zero-order chi connectivity index (χ0) is 20.1. The Kier molecular flexibility index (Phi) is 6.03. The fraction of sp³-hybridized carbons (Fsp3) is 0.333. The minimum absolute atomic E-state index is 0.0398. The van der Waals surface area contributed by atoms with Crippen LogP contribution in [0.2, 0.25) is 0 Å². The zero-order valence-electron chi connectivity index (χ0n) is 16.3. The van der Waals surface area contributed by atoms with Crippen LogP contribution in [0.25, 0.3) is 5.65 Å². The number of hydrogen-bond donors (Lipinski definition) is 0. The number of Topliss-reactive ketones (excluding diaryl/α,β-unsaturated/α-hetero) is 1. The average Bonchev–Trinajstić information content (AvgIpc) is 3.04. The SMILES string of the molecule is CCOC(=O)c1ccnc(CCC(=O)c2c(C)nc3c(OCC)cccn23)c1. The molecule has 0 radical (unpaired) electrons. The maximum Gasteiger partial charge on any atom is 0.338 e. The Balaban J connectivity index is 1.79. The molecule has 0 N–H and O–H groups in total. The van der Waals surface area contributed by atoms with Gasteiger partial charge in [0.2, 0.25) is 0 Å². The lowest BCUT2D eigenvalue weighted by atomic mass is 10.1. The first kappa shape index (κ1) is 19.5. The van der Waals surface area contributed by atoms with E-state index in [0.29, 0.717) is 53.7 Å². The number of aromatic nitrogens is 3. The molecule has 0 atom stereocenters. The molecule has 0 unspecified atom stereocenters. The number of imidazole rings is 1. The number of carbonyl (C=O) groups is 2. The van der Waals surface area contributed by atoms with E-state index in [1.165, 1.54) is 0 Å². The fourth-order valence-corrected chi connectivity index (χ4v) is 3.08. The lowest BCUT2D eigenvalue weighted by Gasteiger charge is -2.07. The third kappa shape index (κ3) is 4.03. The summed E-state index contributed by atoms with van der Waals surface area (Å²) in [6, 6.07) is 6.94. The number of esters is 1. The predicted octanol–water partition coefficient (Wildman–Crippen LogP) is 3.43. The van der Waals surface area contributed by atoms with Gasteiger partial charge in [0.1, 0.15) is 5.69 Å². The lowest BCUT2D eigenvalue weighted by molar-refractivity contribution is 0.0526. The predicted molar refractivity (Wildman–Crippen MR) is 104 cm³/mol. The average molecular weight is 381 g/mol. The summed E-state index contributed by atoms with van der Waals surface area (Å²) in [7, 11) is 0. The van der Waals surface area contributed by atoms with Gasteiger partial charge in [-0.1, -0.05) is 0 Å². The summed E-state index contributed by atoms with van der Waals surface area (Å²) in [4.78, 5) is 33.5. The van der Waals surface area contributed by atoms with Crippen LogP contribution in [0.3, 0.4) is 0 Å². The number of nitrogens with zero attached hydrogens (tertiary/aromatic N) is 3. The summed E-state index contributed by atoms with van der Waals surface area (Å²) >= 11 is 0. The molecular weight excluding hydrogens is 358 g/mol. The molecule has 3 aromatic heterocycles. The van der Waals surface area contributed by atoms with E-state index in [-0.39, 0.29) is 12.2 Å². The second-order valence-electron chi connectivity index (χ2n) is 6.22. The molecule has 0 bridgehead atoms. The number of carbonyl (C=O) groups excluding carboxylic acids is 2. The number of rotatable bonds is 8. The summed E-state index contributed by atoms with van der Waals surface area (Å²) in [5.74, 6) is 0.219. The van der Waals surface area contributed by atoms with Crippen molar-refractivity contribution >= 4 is 17.4 Å². The standard InChI is InChI=1S/C21H23N3O4/c1-4-27-18-7-6-12-24-19(14(3)23-20(18)24)17(25)9-8-16-13-15(10-11-22-16)21(26)28-5-2/h6-7,10-13H,4-5,8-9H2,1-3H3. The molecule has 0 saturated carbocycles. The molecule has 146 valence electrons. The van der Waals surface area contributed by atoms with Gasteiger partial charge in [-0.2, -0.15) is 0 Å². The Labute approximate surface area is 163 Å². The van der Waals surface area contributed by atoms with Crippen molar-refractivity contribution in [3.8, 4) is 5.75 Å². The normalized spacial score (nSPS) is 10.8. The highest BCUT2D eigenvalue weighted by Gasteiger charge is 2.19. The Morgan fingerprint density at radius 3 is 2.75 bits per heavy atom. The molecule has 7 nitrogen and oxygen atoms in total. The van der Waals surface area contributed by atoms with Crippen molar-refractivity contribution in [3.05, 3.63) is 59.3 Å². The van der Waals surface area contributed by atoms with Gasteiger partial charge in [0.05, 0.1) is 24.5 Å². The number of ether oxygens (including phenoxy) is 2. The van der Waals surface area contributed by atoms with Crippen molar-refractivity contribution < 1.29 is 19.1 Å². The third-order valence-corrected chi connectivity index (χ3v) is 4.29. The van der Waals surface area contributed by atoms with Crippen LogP contribution in [-0.4, -0.2) is 39.3 Å². The highest BCUT2D eigenvalue weighted by Crippen LogP contribution is 2.23. The van der Waals surface area contributed by atoms with Crippen LogP contribution in [0.1, 0.15) is 52.5 Å². The van der Waals surface area contributed by atoms with E-state index in [1.54, 1.807) is 29.7 Å². The first-order valence-electron chi connectivity index (χ1n) is 9.30.